The summed E-state index contributed by atoms with van der Waals surface area (Å²) in [5.74, 6) is 1.79. The number of nitrogens with one attached hydrogen (secondary N) is 1. The zero-order valence-electron chi connectivity index (χ0n) is 13.1. The van der Waals surface area contributed by atoms with Gasteiger partial charge in [0.15, 0.2) is 0 Å². The Morgan fingerprint density at radius 3 is 2.95 bits per heavy atom. The van der Waals surface area contributed by atoms with Gasteiger partial charge in [0.2, 0.25) is 5.91 Å². The van der Waals surface area contributed by atoms with Gasteiger partial charge in [0.05, 0.1) is 6.54 Å². The van der Waals surface area contributed by atoms with Crippen molar-refractivity contribution >= 4 is 5.91 Å². The molecule has 1 amide bonds. The zero-order chi connectivity index (χ0) is 15.1. The van der Waals surface area contributed by atoms with E-state index in [2.05, 4.69) is 5.32 Å². The molecule has 0 radical (unpaired) electrons. The lowest BCUT2D eigenvalue weighted by molar-refractivity contribution is -0.130. The summed E-state index contributed by atoms with van der Waals surface area (Å²) in [6.45, 7) is 5.36. The summed E-state index contributed by atoms with van der Waals surface area (Å²) < 4.78 is 5.73. The fourth-order valence-electron chi connectivity index (χ4n) is 2.61. The number of hydrogen-bond donors (Lipinski definition) is 1. The van der Waals surface area contributed by atoms with Gasteiger partial charge in [0.1, 0.15) is 12.4 Å². The van der Waals surface area contributed by atoms with Crippen LogP contribution in [0.1, 0.15) is 24.8 Å². The topological polar surface area (TPSA) is 41.6 Å². The Hall–Kier alpha value is -1.55. The van der Waals surface area contributed by atoms with Gasteiger partial charge in [-0.3, -0.25) is 4.79 Å². The second kappa shape index (κ2) is 8.03. The molecule has 1 fully saturated rings. The van der Waals surface area contributed by atoms with E-state index in [-0.39, 0.29) is 5.91 Å². The van der Waals surface area contributed by atoms with Crippen molar-refractivity contribution in [2.45, 2.75) is 26.2 Å². The number of hydrogen-bond acceptors (Lipinski definition) is 3. The molecule has 1 aromatic rings. The molecule has 116 valence electrons. The maximum atomic E-state index is 12.1. The highest BCUT2D eigenvalue weighted by molar-refractivity contribution is 5.75. The summed E-state index contributed by atoms with van der Waals surface area (Å²) in [6, 6.07) is 7.95. The van der Waals surface area contributed by atoms with Crippen LogP contribution in [0.2, 0.25) is 0 Å². The van der Waals surface area contributed by atoms with Gasteiger partial charge >= 0.3 is 0 Å². The van der Waals surface area contributed by atoms with Gasteiger partial charge in [-0.1, -0.05) is 18.2 Å². The third-order valence-corrected chi connectivity index (χ3v) is 4.13. The summed E-state index contributed by atoms with van der Waals surface area (Å²) in [5.41, 5.74) is 1.13. The first kappa shape index (κ1) is 15.8. The van der Waals surface area contributed by atoms with Gasteiger partial charge in [-0.2, -0.15) is 0 Å². The molecule has 1 heterocycles. The van der Waals surface area contributed by atoms with Crippen molar-refractivity contribution in [1.82, 2.24) is 10.2 Å². The van der Waals surface area contributed by atoms with Crippen molar-refractivity contribution in [2.24, 2.45) is 5.92 Å². The Morgan fingerprint density at radius 1 is 1.43 bits per heavy atom. The number of nitrogens with zero attached hydrogens (tertiary/aromatic N) is 1. The molecule has 21 heavy (non-hydrogen) atoms. The van der Waals surface area contributed by atoms with Crippen LogP contribution in [0.5, 0.6) is 5.75 Å². The third-order valence-electron chi connectivity index (χ3n) is 4.13. The minimum absolute atomic E-state index is 0.218. The Labute approximate surface area is 127 Å². The average Bonchev–Trinajstić information content (AvgIpc) is 3.00. The molecule has 0 bridgehead atoms. The molecule has 1 unspecified atom stereocenters. The molecule has 4 heteroatoms. The number of likely N-dealkylation sites (N-methyl/N-ethyl adjacent to an activating group) is 1. The number of ether oxygens (including phenoxy) is 1. The molecule has 1 atom stereocenters. The van der Waals surface area contributed by atoms with Crippen LogP contribution in [0.15, 0.2) is 24.3 Å². The molecule has 0 aromatic heterocycles. The van der Waals surface area contributed by atoms with Crippen molar-refractivity contribution in [3.8, 4) is 5.75 Å². The second-order valence-electron chi connectivity index (χ2n) is 5.83. The van der Waals surface area contributed by atoms with Crippen LogP contribution in [-0.2, 0) is 4.79 Å². The van der Waals surface area contributed by atoms with E-state index < -0.39 is 0 Å². The molecular weight excluding hydrogens is 264 g/mol. The Morgan fingerprint density at radius 2 is 2.24 bits per heavy atom. The number of amides is 1. The highest BCUT2D eigenvalue weighted by Crippen LogP contribution is 2.16. The van der Waals surface area contributed by atoms with Gasteiger partial charge in [-0.15, -0.1) is 0 Å². The fraction of sp³-hybridized carbons (Fsp3) is 0.588. The third kappa shape index (κ3) is 5.05. The fourth-order valence-corrected chi connectivity index (χ4v) is 2.61. The predicted molar refractivity (Wildman–Crippen MR) is 84.5 cm³/mol. The van der Waals surface area contributed by atoms with Crippen LogP contribution in [0, 0.1) is 12.8 Å². The van der Waals surface area contributed by atoms with Crippen molar-refractivity contribution in [3.05, 3.63) is 29.8 Å². The summed E-state index contributed by atoms with van der Waals surface area (Å²) in [6.07, 6.45) is 2.84. The Balaban J connectivity index is 1.65. The Bertz CT molecular complexity index is 456. The number of aryl methyl sites for hydroxylation is 1. The van der Waals surface area contributed by atoms with Gasteiger partial charge in [0, 0.05) is 13.5 Å². The molecule has 1 aliphatic heterocycles. The van der Waals surface area contributed by atoms with Crippen LogP contribution in [0.4, 0.5) is 0 Å². The van der Waals surface area contributed by atoms with Crippen LogP contribution < -0.4 is 10.1 Å². The van der Waals surface area contributed by atoms with E-state index in [1.807, 2.05) is 38.2 Å². The number of carbonyl (C=O) groups is 1. The van der Waals surface area contributed by atoms with Gasteiger partial charge in [-0.05, 0) is 50.4 Å². The molecular formula is C17H26N2O2. The normalized spacial score (nSPS) is 17.7. The second-order valence-corrected chi connectivity index (χ2v) is 5.83. The van der Waals surface area contributed by atoms with Crippen LogP contribution in [0.3, 0.4) is 0 Å². The van der Waals surface area contributed by atoms with E-state index in [1.54, 1.807) is 4.90 Å². The van der Waals surface area contributed by atoms with Crippen molar-refractivity contribution < 1.29 is 9.53 Å². The van der Waals surface area contributed by atoms with Crippen molar-refractivity contribution in [1.29, 1.82) is 0 Å². The van der Waals surface area contributed by atoms with Gasteiger partial charge in [-0.25, -0.2) is 0 Å². The largest absolute Gasteiger partial charge is 0.491 e. The monoisotopic (exact) mass is 290 g/mol. The molecule has 1 N–H and O–H groups in total. The Kier molecular flexibility index (Phi) is 6.05. The van der Waals surface area contributed by atoms with Gasteiger partial charge in [0.25, 0.3) is 0 Å². The zero-order valence-corrected chi connectivity index (χ0v) is 13.1. The van der Waals surface area contributed by atoms with E-state index in [0.717, 1.165) is 30.8 Å². The lowest BCUT2D eigenvalue weighted by Crippen LogP contribution is -2.31. The van der Waals surface area contributed by atoms with E-state index in [9.17, 15) is 4.79 Å². The molecule has 2 rings (SSSR count). The highest BCUT2D eigenvalue weighted by atomic mass is 16.5. The molecule has 1 aromatic carbocycles. The number of rotatable bonds is 7. The predicted octanol–water partition coefficient (Wildman–Crippen LogP) is 2.22. The maximum Gasteiger partial charge on any atom is 0.222 e. The van der Waals surface area contributed by atoms with E-state index in [1.165, 1.54) is 6.42 Å². The van der Waals surface area contributed by atoms with E-state index >= 15 is 0 Å². The summed E-state index contributed by atoms with van der Waals surface area (Å²) in [4.78, 5) is 13.8. The lowest BCUT2D eigenvalue weighted by Gasteiger charge is -2.19. The number of para-hydroxylation sites is 1. The summed E-state index contributed by atoms with van der Waals surface area (Å²) in [7, 11) is 1.86. The molecule has 0 spiro atoms. The number of carbonyl (C=O) groups excluding carboxylic acids is 1. The van der Waals surface area contributed by atoms with Crippen LogP contribution in [-0.4, -0.2) is 44.1 Å². The highest BCUT2D eigenvalue weighted by Gasteiger charge is 2.17. The average molecular weight is 290 g/mol. The van der Waals surface area contributed by atoms with E-state index in [0.29, 0.717) is 25.5 Å². The molecule has 1 saturated heterocycles. The summed E-state index contributed by atoms with van der Waals surface area (Å²) in [5, 5.41) is 3.34. The van der Waals surface area contributed by atoms with Crippen LogP contribution >= 0.6 is 0 Å². The molecule has 0 saturated carbocycles. The quantitative estimate of drug-likeness (QED) is 0.837. The first-order chi connectivity index (χ1) is 10.2. The number of benzene rings is 1. The minimum Gasteiger partial charge on any atom is -0.491 e. The standard InChI is InChI=1S/C17H26N2O2/c1-14-5-3-4-6-16(14)21-12-11-19(2)17(20)8-7-15-9-10-18-13-15/h3-6,15,18H,7-13H2,1-2H3. The molecule has 0 aliphatic carbocycles. The molecule has 4 nitrogen and oxygen atoms in total. The first-order valence-corrected chi connectivity index (χ1v) is 7.80. The first-order valence-electron chi connectivity index (χ1n) is 7.80. The van der Waals surface area contributed by atoms with Crippen molar-refractivity contribution in [2.75, 3.05) is 33.3 Å². The van der Waals surface area contributed by atoms with E-state index in [4.69, 9.17) is 4.74 Å². The van der Waals surface area contributed by atoms with Crippen molar-refractivity contribution in [3.63, 3.8) is 0 Å². The van der Waals surface area contributed by atoms with Gasteiger partial charge < -0.3 is 15.0 Å². The maximum absolute atomic E-state index is 12.1. The smallest absolute Gasteiger partial charge is 0.222 e. The summed E-state index contributed by atoms with van der Waals surface area (Å²) >= 11 is 0. The lowest BCUT2D eigenvalue weighted by atomic mass is 10.0. The van der Waals surface area contributed by atoms with Crippen LogP contribution in [0.25, 0.3) is 0 Å². The minimum atomic E-state index is 0.218. The SMILES string of the molecule is Cc1ccccc1OCCN(C)C(=O)CCC1CCNC1. The molecule has 1 aliphatic rings.